The molecule has 114 valence electrons. The second-order valence-corrected chi connectivity index (χ2v) is 3.80. The molecule has 0 aliphatic heterocycles. The number of carbonyl (C=O) groups is 2. The maximum absolute atomic E-state index is 11.7. The number of nitro groups is 1. The number of hydrogen-bond donors (Lipinski definition) is 1. The second kappa shape index (κ2) is 7.80. The van der Waals surface area contributed by atoms with Crippen molar-refractivity contribution in [3.63, 3.8) is 0 Å². The van der Waals surface area contributed by atoms with Crippen LogP contribution in [0.1, 0.15) is 12.5 Å². The average molecular weight is 297 g/mol. The van der Waals surface area contributed by atoms with E-state index in [1.165, 1.54) is 18.2 Å². The molecule has 0 saturated carbocycles. The van der Waals surface area contributed by atoms with Crippen molar-refractivity contribution >= 4 is 17.7 Å². The number of nitro benzene ring substituents is 1. The molecule has 0 aliphatic rings. The highest BCUT2D eigenvalue weighted by Gasteiger charge is 2.20. The van der Waals surface area contributed by atoms with Crippen molar-refractivity contribution in [2.24, 2.45) is 5.73 Å². The van der Waals surface area contributed by atoms with E-state index in [-0.39, 0.29) is 30.9 Å². The van der Waals surface area contributed by atoms with Crippen LogP contribution in [0.3, 0.4) is 0 Å². The quantitative estimate of drug-likeness (QED) is 0.634. The molecule has 1 aromatic carbocycles. The minimum atomic E-state index is -0.933. The van der Waals surface area contributed by atoms with Gasteiger partial charge in [0.2, 0.25) is 0 Å². The largest absolute Gasteiger partial charge is 0.443 e. The molecule has 9 heteroatoms. The molecule has 0 aliphatic carbocycles. The zero-order valence-corrected chi connectivity index (χ0v) is 11.4. The van der Waals surface area contributed by atoms with E-state index in [2.05, 4.69) is 4.84 Å². The highest BCUT2D eigenvalue weighted by Crippen LogP contribution is 2.18. The number of hydroxylamine groups is 2. The van der Waals surface area contributed by atoms with Gasteiger partial charge in [-0.05, 0) is 13.0 Å². The summed E-state index contributed by atoms with van der Waals surface area (Å²) in [5, 5.41) is 11.5. The van der Waals surface area contributed by atoms with Gasteiger partial charge >= 0.3 is 12.1 Å². The van der Waals surface area contributed by atoms with E-state index in [9.17, 15) is 19.7 Å². The Morgan fingerprint density at radius 2 is 2.05 bits per heavy atom. The number of amides is 1. The average Bonchev–Trinajstić information content (AvgIpc) is 2.49. The van der Waals surface area contributed by atoms with Gasteiger partial charge in [0, 0.05) is 6.07 Å². The summed E-state index contributed by atoms with van der Waals surface area (Å²) in [5.74, 6) is -0.792. The molecule has 0 unspecified atom stereocenters. The lowest BCUT2D eigenvalue weighted by molar-refractivity contribution is -0.385. The summed E-state index contributed by atoms with van der Waals surface area (Å²) in [6.07, 6.45) is -0.933. The summed E-state index contributed by atoms with van der Waals surface area (Å²) in [6, 6.07) is 5.86. The molecular formula is C12H15N3O6. The molecule has 0 bridgehead atoms. The Bertz CT molecular complexity index is 533. The first-order valence-electron chi connectivity index (χ1n) is 6.07. The van der Waals surface area contributed by atoms with Gasteiger partial charge in [0.25, 0.3) is 5.69 Å². The number of rotatable bonds is 5. The normalized spacial score (nSPS) is 9.81. The summed E-state index contributed by atoms with van der Waals surface area (Å²) >= 11 is 0. The van der Waals surface area contributed by atoms with Gasteiger partial charge in [-0.15, -0.1) is 5.06 Å². The Labute approximate surface area is 120 Å². The molecule has 0 saturated heterocycles. The molecule has 0 heterocycles. The van der Waals surface area contributed by atoms with Gasteiger partial charge in [0.05, 0.1) is 23.6 Å². The Morgan fingerprint density at radius 1 is 1.38 bits per heavy atom. The van der Waals surface area contributed by atoms with Gasteiger partial charge in [0.15, 0.2) is 0 Å². The Hall–Kier alpha value is -2.68. The Balaban J connectivity index is 2.67. The summed E-state index contributed by atoms with van der Waals surface area (Å²) in [4.78, 5) is 37.6. The highest BCUT2D eigenvalue weighted by molar-refractivity contribution is 5.74. The minimum absolute atomic E-state index is 0.0570. The standard InChI is InChI=1S/C12H15N3O6/c1-2-14(21-11(16)7-13)12(17)20-8-9-5-3-4-6-10(9)15(18)19/h3-6H,2,7-8,13H2,1H3. The molecule has 0 atom stereocenters. The van der Waals surface area contributed by atoms with Gasteiger partial charge in [0.1, 0.15) is 6.61 Å². The van der Waals surface area contributed by atoms with Crippen LogP contribution in [0, 0.1) is 10.1 Å². The van der Waals surface area contributed by atoms with Crippen LogP contribution in [0.4, 0.5) is 10.5 Å². The third kappa shape index (κ3) is 4.73. The summed E-state index contributed by atoms with van der Waals surface area (Å²) in [7, 11) is 0. The second-order valence-electron chi connectivity index (χ2n) is 3.80. The van der Waals surface area contributed by atoms with Crippen LogP contribution in [0.2, 0.25) is 0 Å². The lowest BCUT2D eigenvalue weighted by Crippen LogP contribution is -2.36. The molecule has 1 amide bonds. The number of carbonyl (C=O) groups excluding carboxylic acids is 2. The van der Waals surface area contributed by atoms with Crippen molar-refractivity contribution in [3.05, 3.63) is 39.9 Å². The van der Waals surface area contributed by atoms with Crippen molar-refractivity contribution in [2.75, 3.05) is 13.1 Å². The van der Waals surface area contributed by atoms with Crippen molar-refractivity contribution in [1.29, 1.82) is 0 Å². The van der Waals surface area contributed by atoms with Crippen LogP contribution in [-0.2, 0) is 21.0 Å². The van der Waals surface area contributed by atoms with Crippen LogP contribution >= 0.6 is 0 Å². The Morgan fingerprint density at radius 3 is 2.62 bits per heavy atom. The maximum atomic E-state index is 11.7. The van der Waals surface area contributed by atoms with Gasteiger partial charge in [-0.3, -0.25) is 10.1 Å². The van der Waals surface area contributed by atoms with Crippen LogP contribution < -0.4 is 5.73 Å². The molecule has 1 rings (SSSR count). The van der Waals surface area contributed by atoms with E-state index in [1.807, 2.05) is 0 Å². The predicted molar refractivity (Wildman–Crippen MR) is 70.8 cm³/mol. The fourth-order valence-corrected chi connectivity index (χ4v) is 1.41. The van der Waals surface area contributed by atoms with Crippen LogP contribution in [0.5, 0.6) is 0 Å². The summed E-state index contributed by atoms with van der Waals surface area (Å²) < 4.78 is 4.88. The number of hydrogen-bond acceptors (Lipinski definition) is 7. The van der Waals surface area contributed by atoms with E-state index in [4.69, 9.17) is 10.5 Å². The topological polar surface area (TPSA) is 125 Å². The predicted octanol–water partition coefficient (Wildman–Crippen LogP) is 0.970. The van der Waals surface area contributed by atoms with Gasteiger partial charge in [-0.25, -0.2) is 9.59 Å². The zero-order chi connectivity index (χ0) is 15.8. The maximum Gasteiger partial charge on any atom is 0.443 e. The third-order valence-electron chi connectivity index (χ3n) is 2.41. The first-order valence-corrected chi connectivity index (χ1v) is 6.07. The van der Waals surface area contributed by atoms with Crippen molar-refractivity contribution < 1.29 is 24.1 Å². The van der Waals surface area contributed by atoms with Crippen molar-refractivity contribution in [2.45, 2.75) is 13.5 Å². The fraction of sp³-hybridized carbons (Fsp3) is 0.333. The molecular weight excluding hydrogens is 282 g/mol. The number of para-hydroxylation sites is 1. The number of ether oxygens (including phenoxy) is 1. The minimum Gasteiger partial charge on any atom is -0.442 e. The monoisotopic (exact) mass is 297 g/mol. The lowest BCUT2D eigenvalue weighted by atomic mass is 10.2. The van der Waals surface area contributed by atoms with E-state index < -0.39 is 17.0 Å². The van der Waals surface area contributed by atoms with E-state index >= 15 is 0 Å². The molecule has 0 spiro atoms. The molecule has 0 radical (unpaired) electrons. The molecule has 9 nitrogen and oxygen atoms in total. The number of benzene rings is 1. The summed E-state index contributed by atoms with van der Waals surface area (Å²) in [6.45, 7) is 0.929. The van der Waals surface area contributed by atoms with Gasteiger partial charge in [-0.2, -0.15) is 0 Å². The van der Waals surface area contributed by atoms with Crippen molar-refractivity contribution in [3.8, 4) is 0 Å². The molecule has 2 N–H and O–H groups in total. The molecule has 21 heavy (non-hydrogen) atoms. The molecule has 0 aromatic heterocycles. The number of nitrogens with two attached hydrogens (primary N) is 1. The fourth-order valence-electron chi connectivity index (χ4n) is 1.41. The van der Waals surface area contributed by atoms with Crippen LogP contribution in [0.15, 0.2) is 24.3 Å². The zero-order valence-electron chi connectivity index (χ0n) is 11.4. The SMILES string of the molecule is CCN(OC(=O)CN)C(=O)OCc1ccccc1[N+](=O)[O-]. The molecule has 0 fully saturated rings. The van der Waals surface area contributed by atoms with Gasteiger partial charge in [-0.1, -0.05) is 12.1 Å². The first-order chi connectivity index (χ1) is 9.99. The van der Waals surface area contributed by atoms with E-state index in [0.29, 0.717) is 5.06 Å². The van der Waals surface area contributed by atoms with Crippen molar-refractivity contribution in [1.82, 2.24) is 5.06 Å². The van der Waals surface area contributed by atoms with E-state index in [1.54, 1.807) is 13.0 Å². The lowest BCUT2D eigenvalue weighted by Gasteiger charge is -2.18. The first kappa shape index (κ1) is 16.4. The van der Waals surface area contributed by atoms with Gasteiger partial charge < -0.3 is 15.3 Å². The Kier molecular flexibility index (Phi) is 6.08. The van der Waals surface area contributed by atoms with Crippen LogP contribution in [0.25, 0.3) is 0 Å². The number of nitrogens with zero attached hydrogens (tertiary/aromatic N) is 2. The van der Waals surface area contributed by atoms with E-state index in [0.717, 1.165) is 0 Å². The third-order valence-corrected chi connectivity index (χ3v) is 2.41. The highest BCUT2D eigenvalue weighted by atomic mass is 16.8. The van der Waals surface area contributed by atoms with Crippen LogP contribution in [-0.4, -0.2) is 35.1 Å². The molecule has 1 aromatic rings. The smallest absolute Gasteiger partial charge is 0.442 e. The summed E-state index contributed by atoms with van der Waals surface area (Å²) in [5.41, 5.74) is 5.14.